The Labute approximate surface area is 555 Å². The number of carbonyl (C=O) groups excluding carboxylic acids is 12. The smallest absolute Gasteiger partial charge is 0.272 e. The summed E-state index contributed by atoms with van der Waals surface area (Å²) in [5, 5.41) is 52.7. The van der Waals surface area contributed by atoms with Gasteiger partial charge in [0.2, 0.25) is 70.7 Å². The molecule has 1 heterocycles. The highest BCUT2D eigenvalue weighted by molar-refractivity contribution is 6.00. The van der Waals surface area contributed by atoms with Gasteiger partial charge < -0.3 is 103 Å². The third-order valence-electron chi connectivity index (χ3n) is 16.0. The zero-order valence-corrected chi connectivity index (χ0v) is 55.5. The van der Waals surface area contributed by atoms with Gasteiger partial charge in [0.1, 0.15) is 54.4 Å². The Morgan fingerprint density at radius 3 is 1.66 bits per heavy atom. The van der Waals surface area contributed by atoms with E-state index < -0.39 is 150 Å². The summed E-state index contributed by atoms with van der Waals surface area (Å²) in [5.74, 6) is -11.3. The van der Waals surface area contributed by atoms with E-state index in [1.54, 1.807) is 68.4 Å². The van der Waals surface area contributed by atoms with Crippen molar-refractivity contribution in [3.8, 4) is 0 Å². The minimum Gasteiger partial charge on any atom is -0.391 e. The SMILES string of the molecule is CCCCCCCCCC(=O)Nc1ccc(CC(=O)N[C@@H](CCN)C(=O)N[C@H](C(=O)N[C@@H](CCN)C(=O)N[C@H]2CCNC(=O)[C@](C)(O)NC(=O)[C@H](CCN)NC(=O)[C@H](CCN)NC(=O)[C@H]([C@@H](C)CC)NC(=O)[C@@H](Cc3ccccc3)NC(=O)[C@H](CCN)NC2=O)[C@@H](C)O)cc1. The molecule has 1 aliphatic heterocycles. The van der Waals surface area contributed by atoms with Crippen LogP contribution in [-0.4, -0.2) is 187 Å². The van der Waals surface area contributed by atoms with Gasteiger partial charge in [-0.2, -0.15) is 0 Å². The molecule has 1 aliphatic rings. The van der Waals surface area contributed by atoms with Crippen LogP contribution in [0.3, 0.4) is 0 Å². The van der Waals surface area contributed by atoms with Gasteiger partial charge in [-0.15, -0.1) is 0 Å². The first-order valence-electron chi connectivity index (χ1n) is 32.9. The molecule has 3 rings (SSSR count). The molecule has 31 nitrogen and oxygen atoms in total. The highest BCUT2D eigenvalue weighted by Crippen LogP contribution is 2.16. The van der Waals surface area contributed by atoms with Gasteiger partial charge in [-0.1, -0.05) is 108 Å². The van der Waals surface area contributed by atoms with Crippen molar-refractivity contribution in [3.05, 3.63) is 65.7 Å². The summed E-state index contributed by atoms with van der Waals surface area (Å²) < 4.78 is 0. The summed E-state index contributed by atoms with van der Waals surface area (Å²) in [6, 6.07) is 1.53. The van der Waals surface area contributed by atoms with Crippen LogP contribution >= 0.6 is 0 Å². The molecule has 1 fully saturated rings. The van der Waals surface area contributed by atoms with E-state index in [-0.39, 0.29) is 83.6 Å². The molecule has 1 saturated heterocycles. The van der Waals surface area contributed by atoms with Crippen LogP contribution in [-0.2, 0) is 70.4 Å². The van der Waals surface area contributed by atoms with Crippen molar-refractivity contribution >= 4 is 76.6 Å². The lowest BCUT2D eigenvalue weighted by molar-refractivity contribution is -0.148. The number of anilines is 1. The molecule has 530 valence electrons. The molecule has 2 aromatic rings. The van der Waals surface area contributed by atoms with Crippen LogP contribution < -0.4 is 92.5 Å². The Kier molecular flexibility index (Phi) is 36.7. The number of carbonyl (C=O) groups is 12. The standard InChI is InChI=1S/C64H105N17O14/c1-6-8-9-10-11-12-16-19-50(83)71-42-22-20-41(21-23-42)37-51(84)72-43(24-30-65)58(89)80-53(39(4)82)62(93)77-46(27-33-68)55(86)75-48-29-35-70-63(94)64(5,95)81-60(91)47(28-34-69)74-54(85)45(26-32-67)76-61(92)52(38(3)7-2)79-59(90)49(36-40-17-14-13-15-18-40)78-56(87)44(25-31-66)73-57(48)88/h13-15,17-18,20-23,38-39,43-49,52-53,82,95H,6-12,16,19,24-37,65-69H2,1-5H3,(H,70,94)(H,71,83)(H,72,84)(H,73,88)(H,74,85)(H,75,86)(H,76,92)(H,77,93)(H,78,87)(H,79,90)(H,80,89)(H,81,91)/t38-,39+,43-,44-,45-,46-,47-,48-,49+,52-,53-,64-/m0/s1. The Morgan fingerprint density at radius 1 is 0.579 bits per heavy atom. The summed E-state index contributed by atoms with van der Waals surface area (Å²) in [7, 11) is 0. The maximum Gasteiger partial charge on any atom is 0.272 e. The predicted octanol–water partition coefficient (Wildman–Crippen LogP) is -3.57. The molecule has 0 aliphatic carbocycles. The van der Waals surface area contributed by atoms with Crippen molar-refractivity contribution in [2.75, 3.05) is 44.6 Å². The minimum atomic E-state index is -2.72. The molecule has 31 heteroatoms. The monoisotopic (exact) mass is 1340 g/mol. The lowest BCUT2D eigenvalue weighted by atomic mass is 9.96. The molecular weight excluding hydrogens is 1230 g/mol. The van der Waals surface area contributed by atoms with Gasteiger partial charge in [-0.25, -0.2) is 0 Å². The number of hydrogen-bond acceptors (Lipinski definition) is 19. The van der Waals surface area contributed by atoms with Crippen molar-refractivity contribution in [3.63, 3.8) is 0 Å². The van der Waals surface area contributed by atoms with Crippen molar-refractivity contribution in [2.24, 2.45) is 34.6 Å². The molecule has 0 unspecified atom stereocenters. The average molecular weight is 1340 g/mol. The number of aliphatic hydroxyl groups excluding tert-OH is 1. The Hall–Kier alpha value is -8.20. The van der Waals surface area contributed by atoms with Gasteiger partial charge >= 0.3 is 0 Å². The molecule has 24 N–H and O–H groups in total. The largest absolute Gasteiger partial charge is 0.391 e. The van der Waals surface area contributed by atoms with Crippen LogP contribution in [0.5, 0.6) is 0 Å². The second-order valence-corrected chi connectivity index (χ2v) is 24.1. The van der Waals surface area contributed by atoms with E-state index >= 15 is 0 Å². The number of aliphatic hydroxyl groups is 2. The zero-order valence-electron chi connectivity index (χ0n) is 55.5. The second-order valence-electron chi connectivity index (χ2n) is 24.1. The molecule has 12 atom stereocenters. The minimum absolute atomic E-state index is 0.0961. The van der Waals surface area contributed by atoms with E-state index in [0.29, 0.717) is 29.7 Å². The van der Waals surface area contributed by atoms with Gasteiger partial charge in [0, 0.05) is 25.1 Å². The van der Waals surface area contributed by atoms with Crippen molar-refractivity contribution in [1.82, 2.24) is 58.5 Å². The van der Waals surface area contributed by atoms with Gasteiger partial charge in [-0.3, -0.25) is 57.5 Å². The normalized spacial score (nSPS) is 22.0. The van der Waals surface area contributed by atoms with E-state index in [9.17, 15) is 67.7 Å². The number of hydrogen-bond donors (Lipinski definition) is 19. The molecule has 0 radical (unpaired) electrons. The van der Waals surface area contributed by atoms with E-state index in [1.807, 2.05) is 0 Å². The Morgan fingerprint density at radius 2 is 1.11 bits per heavy atom. The Balaban J connectivity index is 1.95. The molecule has 0 bridgehead atoms. The fraction of sp³-hybridized carbons (Fsp3) is 0.625. The fourth-order valence-corrected chi connectivity index (χ4v) is 10.2. The van der Waals surface area contributed by atoms with Crippen LogP contribution in [0, 0.1) is 5.92 Å². The highest BCUT2D eigenvalue weighted by Gasteiger charge is 2.39. The third-order valence-corrected chi connectivity index (χ3v) is 16.0. The van der Waals surface area contributed by atoms with Gasteiger partial charge in [-0.05, 0) is 121 Å². The van der Waals surface area contributed by atoms with Crippen molar-refractivity contribution in [2.45, 2.75) is 210 Å². The molecule has 95 heavy (non-hydrogen) atoms. The van der Waals surface area contributed by atoms with Gasteiger partial charge in [0.25, 0.3) is 5.91 Å². The fourth-order valence-electron chi connectivity index (χ4n) is 10.2. The van der Waals surface area contributed by atoms with Crippen molar-refractivity contribution in [1.29, 1.82) is 0 Å². The molecule has 2 aromatic carbocycles. The van der Waals surface area contributed by atoms with Crippen LogP contribution in [0.4, 0.5) is 5.69 Å². The molecule has 0 saturated carbocycles. The average Bonchev–Trinajstić information content (AvgIpc) is 1.12. The van der Waals surface area contributed by atoms with Crippen LogP contribution in [0.1, 0.15) is 142 Å². The van der Waals surface area contributed by atoms with Crippen LogP contribution in [0.2, 0.25) is 0 Å². The zero-order chi connectivity index (χ0) is 70.6. The van der Waals surface area contributed by atoms with E-state index in [2.05, 4.69) is 70.7 Å². The molecule has 0 aromatic heterocycles. The second kappa shape index (κ2) is 43.0. The van der Waals surface area contributed by atoms with Gasteiger partial charge in [0.05, 0.1) is 12.5 Å². The summed E-state index contributed by atoms with van der Waals surface area (Å²) in [6.45, 7) is 6.24. The van der Waals surface area contributed by atoms with Crippen LogP contribution in [0.15, 0.2) is 54.6 Å². The first-order valence-corrected chi connectivity index (χ1v) is 32.9. The molecular formula is C64H105N17O14. The summed E-state index contributed by atoms with van der Waals surface area (Å²) in [5.41, 5.74) is 28.4. The summed E-state index contributed by atoms with van der Waals surface area (Å²) in [6.07, 6.45) is 4.68. The predicted molar refractivity (Wildman–Crippen MR) is 355 cm³/mol. The lowest BCUT2D eigenvalue weighted by Gasteiger charge is -2.30. The first kappa shape index (κ1) is 81.0. The van der Waals surface area contributed by atoms with E-state index in [1.165, 1.54) is 19.8 Å². The number of rotatable bonds is 33. The van der Waals surface area contributed by atoms with Crippen LogP contribution in [0.25, 0.3) is 0 Å². The van der Waals surface area contributed by atoms with E-state index in [4.69, 9.17) is 28.7 Å². The highest BCUT2D eigenvalue weighted by atomic mass is 16.3. The quantitative estimate of drug-likeness (QED) is 0.0307. The lowest BCUT2D eigenvalue weighted by Crippen LogP contribution is -2.63. The van der Waals surface area contributed by atoms with Crippen molar-refractivity contribution < 1.29 is 67.7 Å². The number of nitrogens with one attached hydrogen (secondary N) is 12. The maximum absolute atomic E-state index is 14.6. The third kappa shape index (κ3) is 28.7. The number of unbranched alkanes of at least 4 members (excludes halogenated alkanes) is 6. The van der Waals surface area contributed by atoms with E-state index in [0.717, 1.165) is 39.0 Å². The number of amides is 12. The molecule has 0 spiro atoms. The number of nitrogens with two attached hydrogens (primary N) is 5. The topological polar surface area (TPSA) is 520 Å². The summed E-state index contributed by atoms with van der Waals surface area (Å²) >= 11 is 0. The Bertz CT molecular complexity index is 2810. The van der Waals surface area contributed by atoms with Gasteiger partial charge in [0.15, 0.2) is 0 Å². The number of benzene rings is 2. The molecule has 12 amide bonds. The summed E-state index contributed by atoms with van der Waals surface area (Å²) in [4.78, 5) is 167. The first-order chi connectivity index (χ1) is 45.2. The maximum atomic E-state index is 14.6.